The molecule has 1 N–H and O–H groups in total. The summed E-state index contributed by atoms with van der Waals surface area (Å²) in [6.07, 6.45) is 3.62. The van der Waals surface area contributed by atoms with E-state index in [0.29, 0.717) is 36.3 Å². The lowest BCUT2D eigenvalue weighted by atomic mass is 10.2. The maximum absolute atomic E-state index is 6.30. The summed E-state index contributed by atoms with van der Waals surface area (Å²) in [6.45, 7) is 6.44. The van der Waals surface area contributed by atoms with Crippen molar-refractivity contribution in [3.8, 4) is 11.5 Å². The van der Waals surface area contributed by atoms with Gasteiger partial charge in [-0.2, -0.15) is 0 Å². The van der Waals surface area contributed by atoms with E-state index < -0.39 is 0 Å². The molecule has 0 fully saturated rings. The van der Waals surface area contributed by atoms with Crippen molar-refractivity contribution >= 4 is 11.6 Å². The Balaban J connectivity index is 2.04. The average Bonchev–Trinajstić information content (AvgIpc) is 2.52. The molecule has 1 aromatic carbocycles. The third-order valence-electron chi connectivity index (χ3n) is 3.04. The van der Waals surface area contributed by atoms with Crippen molar-refractivity contribution in [2.24, 2.45) is 0 Å². The predicted octanol–water partition coefficient (Wildman–Crippen LogP) is 3.82. The fourth-order valence-corrected chi connectivity index (χ4v) is 2.41. The zero-order valence-corrected chi connectivity index (χ0v) is 13.7. The van der Waals surface area contributed by atoms with Crippen molar-refractivity contribution in [3.63, 3.8) is 0 Å². The van der Waals surface area contributed by atoms with Gasteiger partial charge in [0.15, 0.2) is 11.5 Å². The quantitative estimate of drug-likeness (QED) is 0.803. The van der Waals surface area contributed by atoms with Crippen LogP contribution < -0.4 is 14.8 Å². The molecule has 0 saturated heterocycles. The van der Waals surface area contributed by atoms with Crippen LogP contribution in [0.15, 0.2) is 36.7 Å². The van der Waals surface area contributed by atoms with E-state index in [9.17, 15) is 0 Å². The fraction of sp³-hybridized carbons (Fsp3) is 0.353. The number of nitrogens with one attached hydrogen (secondary N) is 1. The van der Waals surface area contributed by atoms with Crippen LogP contribution in [0.25, 0.3) is 0 Å². The third kappa shape index (κ3) is 4.61. The summed E-state index contributed by atoms with van der Waals surface area (Å²) in [6, 6.07) is 7.84. The Labute approximate surface area is 136 Å². The largest absolute Gasteiger partial charge is 0.490 e. The van der Waals surface area contributed by atoms with Gasteiger partial charge in [-0.05, 0) is 43.2 Å². The third-order valence-corrected chi connectivity index (χ3v) is 3.32. The summed E-state index contributed by atoms with van der Waals surface area (Å²) in [7, 11) is 0. The summed E-state index contributed by atoms with van der Waals surface area (Å²) in [5.41, 5.74) is 2.20. The van der Waals surface area contributed by atoms with Gasteiger partial charge in [0.1, 0.15) is 0 Å². The van der Waals surface area contributed by atoms with Crippen molar-refractivity contribution in [2.45, 2.75) is 26.9 Å². The molecular weight excluding hydrogens is 300 g/mol. The highest BCUT2D eigenvalue weighted by molar-refractivity contribution is 6.32. The highest BCUT2D eigenvalue weighted by atomic mass is 35.5. The number of ether oxygens (including phenoxy) is 2. The smallest absolute Gasteiger partial charge is 0.179 e. The average molecular weight is 321 g/mol. The lowest BCUT2D eigenvalue weighted by molar-refractivity contribution is 0.287. The Kier molecular flexibility index (Phi) is 6.49. The molecule has 0 aliphatic carbocycles. The van der Waals surface area contributed by atoms with Gasteiger partial charge in [0.2, 0.25) is 0 Å². The number of nitrogens with zero attached hydrogens (tertiary/aromatic N) is 1. The minimum atomic E-state index is 0.554. The van der Waals surface area contributed by atoms with Gasteiger partial charge in [-0.1, -0.05) is 17.7 Å². The molecule has 2 aromatic rings. The van der Waals surface area contributed by atoms with Crippen LogP contribution in [-0.2, 0) is 13.1 Å². The number of rotatable bonds is 8. The van der Waals surface area contributed by atoms with Crippen molar-refractivity contribution in [1.82, 2.24) is 10.3 Å². The number of halogens is 1. The van der Waals surface area contributed by atoms with Crippen molar-refractivity contribution < 1.29 is 9.47 Å². The molecule has 0 unspecified atom stereocenters. The van der Waals surface area contributed by atoms with Gasteiger partial charge in [0.25, 0.3) is 0 Å². The van der Waals surface area contributed by atoms with E-state index in [1.54, 1.807) is 6.20 Å². The van der Waals surface area contributed by atoms with E-state index in [-0.39, 0.29) is 0 Å². The van der Waals surface area contributed by atoms with Crippen LogP contribution in [0.5, 0.6) is 11.5 Å². The van der Waals surface area contributed by atoms with Gasteiger partial charge in [0, 0.05) is 25.5 Å². The second-order valence-electron chi connectivity index (χ2n) is 4.74. The van der Waals surface area contributed by atoms with Gasteiger partial charge in [-0.25, -0.2) is 0 Å². The first-order valence-electron chi connectivity index (χ1n) is 7.42. The molecule has 0 aliphatic heterocycles. The Morgan fingerprint density at radius 1 is 1.09 bits per heavy atom. The highest BCUT2D eigenvalue weighted by Crippen LogP contribution is 2.36. The molecule has 22 heavy (non-hydrogen) atoms. The maximum Gasteiger partial charge on any atom is 0.179 e. The molecule has 0 atom stereocenters. The first-order chi connectivity index (χ1) is 10.7. The predicted molar refractivity (Wildman–Crippen MR) is 88.6 cm³/mol. The van der Waals surface area contributed by atoms with Gasteiger partial charge >= 0.3 is 0 Å². The maximum atomic E-state index is 6.30. The number of hydrogen-bond acceptors (Lipinski definition) is 4. The zero-order valence-electron chi connectivity index (χ0n) is 12.9. The van der Waals surface area contributed by atoms with Gasteiger partial charge in [-0.3, -0.25) is 4.98 Å². The van der Waals surface area contributed by atoms with Crippen LogP contribution in [0.4, 0.5) is 0 Å². The Morgan fingerprint density at radius 3 is 2.55 bits per heavy atom. The number of benzene rings is 1. The fourth-order valence-electron chi connectivity index (χ4n) is 2.12. The summed E-state index contributed by atoms with van der Waals surface area (Å²) >= 11 is 6.30. The molecular formula is C17H21ClN2O2. The molecule has 1 aromatic heterocycles. The highest BCUT2D eigenvalue weighted by Gasteiger charge is 2.12. The number of pyridine rings is 1. The second kappa shape index (κ2) is 8.61. The standard InChI is InChI=1S/C17H21ClN2O2/c1-3-21-16-9-14(8-15(18)17(16)22-4-2)12-20-11-13-6-5-7-19-10-13/h5-10,20H,3-4,11-12H2,1-2H3. The second-order valence-corrected chi connectivity index (χ2v) is 5.14. The summed E-state index contributed by atoms with van der Waals surface area (Å²) in [5, 5.41) is 3.95. The molecule has 0 amide bonds. The van der Waals surface area contributed by atoms with E-state index in [1.807, 2.05) is 44.3 Å². The first kappa shape index (κ1) is 16.6. The normalized spacial score (nSPS) is 10.5. The van der Waals surface area contributed by atoms with Crippen molar-refractivity contribution in [1.29, 1.82) is 0 Å². The Bertz CT molecular complexity index is 591. The van der Waals surface area contributed by atoms with E-state index in [1.165, 1.54) is 0 Å². The first-order valence-corrected chi connectivity index (χ1v) is 7.80. The zero-order chi connectivity index (χ0) is 15.8. The monoisotopic (exact) mass is 320 g/mol. The Morgan fingerprint density at radius 2 is 1.86 bits per heavy atom. The molecule has 0 saturated carbocycles. The molecule has 1 heterocycles. The number of hydrogen-bond donors (Lipinski definition) is 1. The molecule has 0 bridgehead atoms. The lowest BCUT2D eigenvalue weighted by Crippen LogP contribution is -2.13. The minimum Gasteiger partial charge on any atom is -0.490 e. The van der Waals surface area contributed by atoms with Crippen LogP contribution in [0.2, 0.25) is 5.02 Å². The molecule has 0 spiro atoms. The molecule has 2 rings (SSSR count). The SMILES string of the molecule is CCOc1cc(CNCc2cccnc2)cc(Cl)c1OCC. The van der Waals surface area contributed by atoms with Gasteiger partial charge < -0.3 is 14.8 Å². The molecule has 5 heteroatoms. The lowest BCUT2D eigenvalue weighted by Gasteiger charge is -2.14. The van der Waals surface area contributed by atoms with Crippen LogP contribution in [0.1, 0.15) is 25.0 Å². The van der Waals surface area contributed by atoms with E-state index in [0.717, 1.165) is 17.7 Å². The van der Waals surface area contributed by atoms with Crippen LogP contribution in [0.3, 0.4) is 0 Å². The van der Waals surface area contributed by atoms with E-state index in [4.69, 9.17) is 21.1 Å². The van der Waals surface area contributed by atoms with Crippen molar-refractivity contribution in [2.75, 3.05) is 13.2 Å². The topological polar surface area (TPSA) is 43.4 Å². The van der Waals surface area contributed by atoms with E-state index >= 15 is 0 Å². The minimum absolute atomic E-state index is 0.554. The van der Waals surface area contributed by atoms with Crippen LogP contribution in [0, 0.1) is 0 Å². The van der Waals surface area contributed by atoms with Gasteiger partial charge in [-0.15, -0.1) is 0 Å². The number of aromatic nitrogens is 1. The molecule has 118 valence electrons. The van der Waals surface area contributed by atoms with Crippen LogP contribution >= 0.6 is 11.6 Å². The Hall–Kier alpha value is -1.78. The van der Waals surface area contributed by atoms with Gasteiger partial charge in [0.05, 0.1) is 18.2 Å². The molecule has 0 aliphatic rings. The van der Waals surface area contributed by atoms with E-state index in [2.05, 4.69) is 10.3 Å². The molecule has 0 radical (unpaired) electrons. The summed E-state index contributed by atoms with van der Waals surface area (Å²) < 4.78 is 11.2. The van der Waals surface area contributed by atoms with Crippen LogP contribution in [-0.4, -0.2) is 18.2 Å². The van der Waals surface area contributed by atoms with Crippen molar-refractivity contribution in [3.05, 3.63) is 52.8 Å². The summed E-state index contributed by atoms with van der Waals surface area (Å²) in [5.74, 6) is 1.30. The summed E-state index contributed by atoms with van der Waals surface area (Å²) in [4.78, 5) is 4.10. The molecule has 4 nitrogen and oxygen atoms in total.